The first kappa shape index (κ1) is 12.3. The van der Waals surface area contributed by atoms with Crippen LogP contribution in [0, 0.1) is 6.92 Å². The van der Waals surface area contributed by atoms with Crippen molar-refractivity contribution in [3.8, 4) is 0 Å². The van der Waals surface area contributed by atoms with Gasteiger partial charge < -0.3 is 5.32 Å². The highest BCUT2D eigenvalue weighted by molar-refractivity contribution is 7.09. The summed E-state index contributed by atoms with van der Waals surface area (Å²) in [6.45, 7) is 2.12. The largest absolute Gasteiger partial charge is 0.316 e. The van der Waals surface area contributed by atoms with Gasteiger partial charge in [0.25, 0.3) is 0 Å². The molecule has 1 aromatic carbocycles. The zero-order valence-corrected chi connectivity index (χ0v) is 11.1. The van der Waals surface area contributed by atoms with Gasteiger partial charge in [0.1, 0.15) is 0 Å². The lowest BCUT2D eigenvalue weighted by molar-refractivity contribution is 0.560. The van der Waals surface area contributed by atoms with Crippen LogP contribution in [0.2, 0.25) is 0 Å². The predicted octanol–water partition coefficient (Wildman–Crippen LogP) is 2.82. The Morgan fingerprint density at radius 1 is 1.24 bits per heavy atom. The molecule has 0 aliphatic rings. The molecule has 1 heterocycles. The van der Waals surface area contributed by atoms with Gasteiger partial charge in [-0.3, -0.25) is 4.98 Å². The Morgan fingerprint density at radius 3 is 2.59 bits per heavy atom. The Kier molecular flexibility index (Phi) is 4.29. The number of rotatable bonds is 5. The van der Waals surface area contributed by atoms with Crippen LogP contribution in [-0.4, -0.2) is 18.1 Å². The summed E-state index contributed by atoms with van der Waals surface area (Å²) in [6.07, 6.45) is 4.08. The standard InChI is InChI=1S/C14H18N2S/c1-11-3-5-12(6-4-11)7-13(15-2)8-14-9-16-10-17-14/h3-6,9-10,13,15H,7-8H2,1-2H3. The Hall–Kier alpha value is -1.19. The molecule has 0 aliphatic heterocycles. The number of nitrogens with one attached hydrogen (secondary N) is 1. The molecule has 1 N–H and O–H groups in total. The van der Waals surface area contributed by atoms with E-state index in [1.165, 1.54) is 16.0 Å². The third-order valence-electron chi connectivity index (χ3n) is 2.94. The zero-order valence-electron chi connectivity index (χ0n) is 10.3. The van der Waals surface area contributed by atoms with Gasteiger partial charge in [-0.2, -0.15) is 0 Å². The minimum absolute atomic E-state index is 0.484. The van der Waals surface area contributed by atoms with E-state index in [0.717, 1.165) is 12.8 Å². The Labute approximate surface area is 107 Å². The number of thiazole rings is 1. The Balaban J connectivity index is 1.97. The second-order valence-electron chi connectivity index (χ2n) is 4.35. The maximum atomic E-state index is 4.12. The van der Waals surface area contributed by atoms with Gasteiger partial charge >= 0.3 is 0 Å². The van der Waals surface area contributed by atoms with E-state index in [4.69, 9.17) is 0 Å². The van der Waals surface area contributed by atoms with Crippen LogP contribution < -0.4 is 5.32 Å². The first-order chi connectivity index (χ1) is 8.28. The molecule has 2 rings (SSSR count). The average Bonchev–Trinajstić information content (AvgIpc) is 2.84. The summed E-state index contributed by atoms with van der Waals surface area (Å²) in [5, 5.41) is 3.38. The third-order valence-corrected chi connectivity index (χ3v) is 3.74. The normalized spacial score (nSPS) is 12.6. The fraction of sp³-hybridized carbons (Fsp3) is 0.357. The molecule has 0 bridgehead atoms. The molecule has 0 fully saturated rings. The quantitative estimate of drug-likeness (QED) is 0.877. The number of benzene rings is 1. The van der Waals surface area contributed by atoms with Crippen molar-refractivity contribution in [2.45, 2.75) is 25.8 Å². The maximum absolute atomic E-state index is 4.12. The molecule has 0 radical (unpaired) electrons. The first-order valence-electron chi connectivity index (χ1n) is 5.88. The van der Waals surface area contributed by atoms with Crippen LogP contribution in [0.15, 0.2) is 36.0 Å². The van der Waals surface area contributed by atoms with Crippen LogP contribution in [0.1, 0.15) is 16.0 Å². The predicted molar refractivity (Wildman–Crippen MR) is 73.5 cm³/mol. The smallest absolute Gasteiger partial charge is 0.0794 e. The maximum Gasteiger partial charge on any atom is 0.0794 e. The summed E-state index contributed by atoms with van der Waals surface area (Å²) in [5.74, 6) is 0. The molecule has 90 valence electrons. The lowest BCUT2D eigenvalue weighted by atomic mass is 10.0. The van der Waals surface area contributed by atoms with Gasteiger partial charge in [-0.1, -0.05) is 29.8 Å². The van der Waals surface area contributed by atoms with Gasteiger partial charge in [0.2, 0.25) is 0 Å². The Morgan fingerprint density at radius 2 is 2.00 bits per heavy atom. The first-order valence-corrected chi connectivity index (χ1v) is 6.76. The lowest BCUT2D eigenvalue weighted by Crippen LogP contribution is -2.29. The SMILES string of the molecule is CNC(Cc1ccc(C)cc1)Cc1cncs1. The minimum atomic E-state index is 0.484. The molecule has 0 saturated carbocycles. The van der Waals surface area contributed by atoms with Gasteiger partial charge in [0.05, 0.1) is 5.51 Å². The van der Waals surface area contributed by atoms with E-state index < -0.39 is 0 Å². The molecule has 17 heavy (non-hydrogen) atoms. The van der Waals surface area contributed by atoms with E-state index in [1.807, 2.05) is 18.8 Å². The highest BCUT2D eigenvalue weighted by Gasteiger charge is 2.09. The number of aromatic nitrogens is 1. The van der Waals surface area contributed by atoms with E-state index in [9.17, 15) is 0 Å². The van der Waals surface area contributed by atoms with Crippen molar-refractivity contribution in [3.05, 3.63) is 52.0 Å². The van der Waals surface area contributed by atoms with E-state index in [0.29, 0.717) is 6.04 Å². The second kappa shape index (κ2) is 5.94. The molecule has 3 heteroatoms. The average molecular weight is 246 g/mol. The van der Waals surface area contributed by atoms with Crippen molar-refractivity contribution in [1.29, 1.82) is 0 Å². The van der Waals surface area contributed by atoms with Crippen molar-refractivity contribution in [2.24, 2.45) is 0 Å². The fourth-order valence-electron chi connectivity index (χ4n) is 1.87. The molecule has 0 aliphatic carbocycles. The van der Waals surface area contributed by atoms with Crippen LogP contribution in [0.25, 0.3) is 0 Å². The topological polar surface area (TPSA) is 24.9 Å². The van der Waals surface area contributed by atoms with Crippen molar-refractivity contribution in [2.75, 3.05) is 7.05 Å². The fourth-order valence-corrected chi connectivity index (χ4v) is 2.55. The van der Waals surface area contributed by atoms with Crippen molar-refractivity contribution >= 4 is 11.3 Å². The molecule has 1 unspecified atom stereocenters. The van der Waals surface area contributed by atoms with Crippen LogP contribution >= 0.6 is 11.3 Å². The number of hydrogen-bond acceptors (Lipinski definition) is 3. The van der Waals surface area contributed by atoms with Crippen LogP contribution in [-0.2, 0) is 12.8 Å². The van der Waals surface area contributed by atoms with Crippen molar-refractivity contribution in [3.63, 3.8) is 0 Å². The van der Waals surface area contributed by atoms with Gasteiger partial charge in [-0.25, -0.2) is 0 Å². The van der Waals surface area contributed by atoms with Crippen LogP contribution in [0.3, 0.4) is 0 Å². The van der Waals surface area contributed by atoms with E-state index >= 15 is 0 Å². The molecule has 2 nitrogen and oxygen atoms in total. The van der Waals surface area contributed by atoms with Crippen molar-refractivity contribution < 1.29 is 0 Å². The summed E-state index contributed by atoms with van der Waals surface area (Å²) in [7, 11) is 2.03. The molecule has 0 spiro atoms. The van der Waals surface area contributed by atoms with E-state index in [2.05, 4.69) is 41.5 Å². The lowest BCUT2D eigenvalue weighted by Gasteiger charge is -2.15. The molecule has 2 aromatic rings. The molecule has 0 amide bonds. The summed E-state index contributed by atoms with van der Waals surface area (Å²) >= 11 is 1.73. The van der Waals surface area contributed by atoms with Crippen molar-refractivity contribution in [1.82, 2.24) is 10.3 Å². The minimum Gasteiger partial charge on any atom is -0.316 e. The summed E-state index contributed by atoms with van der Waals surface area (Å²) < 4.78 is 0. The highest BCUT2D eigenvalue weighted by Crippen LogP contribution is 2.12. The monoisotopic (exact) mass is 246 g/mol. The molecule has 1 aromatic heterocycles. The molecule has 0 saturated heterocycles. The number of hydrogen-bond donors (Lipinski definition) is 1. The van der Waals surface area contributed by atoms with Gasteiger partial charge in [-0.05, 0) is 32.4 Å². The molecular formula is C14H18N2S. The number of likely N-dealkylation sites (N-methyl/N-ethyl adjacent to an activating group) is 1. The molecular weight excluding hydrogens is 228 g/mol. The summed E-state index contributed by atoms with van der Waals surface area (Å²) in [5.41, 5.74) is 4.60. The Bertz CT molecular complexity index is 434. The summed E-state index contributed by atoms with van der Waals surface area (Å²) in [6, 6.07) is 9.26. The van der Waals surface area contributed by atoms with Gasteiger partial charge in [0, 0.05) is 17.1 Å². The van der Waals surface area contributed by atoms with E-state index in [-0.39, 0.29) is 0 Å². The second-order valence-corrected chi connectivity index (χ2v) is 5.32. The number of nitrogens with zero attached hydrogens (tertiary/aromatic N) is 1. The molecule has 1 atom stereocenters. The zero-order chi connectivity index (χ0) is 12.1. The van der Waals surface area contributed by atoms with Crippen LogP contribution in [0.4, 0.5) is 0 Å². The van der Waals surface area contributed by atoms with E-state index in [1.54, 1.807) is 11.3 Å². The van der Waals surface area contributed by atoms with Crippen LogP contribution in [0.5, 0.6) is 0 Å². The summed E-state index contributed by atoms with van der Waals surface area (Å²) in [4.78, 5) is 5.46. The highest BCUT2D eigenvalue weighted by atomic mass is 32.1. The third kappa shape index (κ3) is 3.65. The number of aryl methyl sites for hydroxylation is 1. The van der Waals surface area contributed by atoms with Gasteiger partial charge in [0.15, 0.2) is 0 Å². The van der Waals surface area contributed by atoms with Gasteiger partial charge in [-0.15, -0.1) is 11.3 Å².